The number of anilines is 1. The van der Waals surface area contributed by atoms with Gasteiger partial charge in [-0.2, -0.15) is 0 Å². The molecule has 0 aromatic heterocycles. The molecule has 0 radical (unpaired) electrons. The number of benzene rings is 1. The van der Waals surface area contributed by atoms with Gasteiger partial charge in [0.25, 0.3) is 0 Å². The van der Waals surface area contributed by atoms with Crippen LogP contribution in [0.5, 0.6) is 0 Å². The molecule has 2 aliphatic rings. The molecule has 0 amide bonds. The maximum Gasteiger partial charge on any atom is 0.0536 e. The highest BCUT2D eigenvalue weighted by Crippen LogP contribution is 2.35. The van der Waals surface area contributed by atoms with Crippen LogP contribution in [-0.4, -0.2) is 16.4 Å². The van der Waals surface area contributed by atoms with Gasteiger partial charge >= 0.3 is 0 Å². The zero-order valence-corrected chi connectivity index (χ0v) is 11.6. The Morgan fingerprint density at radius 3 is 2.76 bits per heavy atom. The van der Waals surface area contributed by atoms with Gasteiger partial charge in [0.2, 0.25) is 0 Å². The van der Waals surface area contributed by atoms with E-state index in [2.05, 4.69) is 50.6 Å². The van der Waals surface area contributed by atoms with Crippen molar-refractivity contribution in [2.45, 2.75) is 38.3 Å². The van der Waals surface area contributed by atoms with Gasteiger partial charge in [0.15, 0.2) is 0 Å². The van der Waals surface area contributed by atoms with Crippen molar-refractivity contribution in [2.24, 2.45) is 5.92 Å². The Bertz CT molecular complexity index is 363. The zero-order chi connectivity index (χ0) is 11.7. The summed E-state index contributed by atoms with van der Waals surface area (Å²) in [5.41, 5.74) is 6.28. The van der Waals surface area contributed by atoms with E-state index in [9.17, 15) is 0 Å². The molecule has 0 bridgehead atoms. The molecule has 2 nitrogen and oxygen atoms in total. The predicted molar refractivity (Wildman–Crippen MR) is 75.1 cm³/mol. The molecule has 0 spiro atoms. The molecule has 0 saturated heterocycles. The Balaban J connectivity index is 1.73. The van der Waals surface area contributed by atoms with Crippen LogP contribution in [0.1, 0.15) is 31.2 Å². The standard InChI is InChI=1S/C14H19BrN2/c15-9-14(11-5-1-2-6-11)17-10-12-7-3-4-8-13(12)16-17/h3-4,7-8,11,14,16H,1-2,5-6,9-10H2. The molecule has 1 aromatic carbocycles. The molecule has 1 fully saturated rings. The summed E-state index contributed by atoms with van der Waals surface area (Å²) in [6.07, 6.45) is 5.61. The van der Waals surface area contributed by atoms with E-state index < -0.39 is 0 Å². The summed E-state index contributed by atoms with van der Waals surface area (Å²) in [5, 5.41) is 3.49. The summed E-state index contributed by atoms with van der Waals surface area (Å²) in [4.78, 5) is 0. The van der Waals surface area contributed by atoms with Crippen LogP contribution in [0.15, 0.2) is 24.3 Å². The van der Waals surface area contributed by atoms with Gasteiger partial charge in [-0.1, -0.05) is 47.0 Å². The van der Waals surface area contributed by atoms with Gasteiger partial charge in [-0.3, -0.25) is 0 Å². The van der Waals surface area contributed by atoms with E-state index in [1.165, 1.54) is 36.9 Å². The van der Waals surface area contributed by atoms with Crippen molar-refractivity contribution < 1.29 is 0 Å². The van der Waals surface area contributed by atoms with Crippen molar-refractivity contribution in [1.29, 1.82) is 0 Å². The van der Waals surface area contributed by atoms with Gasteiger partial charge in [0, 0.05) is 17.9 Å². The molecule has 92 valence electrons. The number of fused-ring (bicyclic) bond motifs is 1. The summed E-state index contributed by atoms with van der Waals surface area (Å²) in [5.74, 6) is 0.858. The number of nitrogens with one attached hydrogen (secondary N) is 1. The van der Waals surface area contributed by atoms with Gasteiger partial charge in [-0.15, -0.1) is 0 Å². The van der Waals surface area contributed by atoms with Crippen molar-refractivity contribution in [3.05, 3.63) is 29.8 Å². The molecule has 1 aliphatic heterocycles. The second-order valence-electron chi connectivity index (χ2n) is 5.16. The van der Waals surface area contributed by atoms with Crippen LogP contribution < -0.4 is 5.43 Å². The van der Waals surface area contributed by atoms with Gasteiger partial charge in [-0.25, -0.2) is 5.01 Å². The molecule has 17 heavy (non-hydrogen) atoms. The number of para-hydroxylation sites is 1. The maximum atomic E-state index is 3.70. The topological polar surface area (TPSA) is 15.3 Å². The number of hydrazine groups is 1. The van der Waals surface area contributed by atoms with Crippen molar-refractivity contribution >= 4 is 21.6 Å². The van der Waals surface area contributed by atoms with E-state index >= 15 is 0 Å². The minimum atomic E-state index is 0.630. The number of rotatable bonds is 3. The highest BCUT2D eigenvalue weighted by Gasteiger charge is 2.32. The first-order chi connectivity index (χ1) is 8.38. The molecule has 1 N–H and O–H groups in total. The van der Waals surface area contributed by atoms with E-state index in [4.69, 9.17) is 0 Å². The Morgan fingerprint density at radius 2 is 2.06 bits per heavy atom. The molecule has 1 atom stereocenters. The highest BCUT2D eigenvalue weighted by atomic mass is 79.9. The molecular weight excluding hydrogens is 276 g/mol. The minimum Gasteiger partial charge on any atom is -0.318 e. The summed E-state index contributed by atoms with van der Waals surface area (Å²) < 4.78 is 0. The lowest BCUT2D eigenvalue weighted by molar-refractivity contribution is 0.199. The Labute approximate surface area is 111 Å². The molecule has 3 heteroatoms. The first kappa shape index (κ1) is 11.5. The summed E-state index contributed by atoms with van der Waals surface area (Å²) in [7, 11) is 0. The molecule has 3 rings (SSSR count). The maximum absolute atomic E-state index is 3.70. The number of alkyl halides is 1. The van der Waals surface area contributed by atoms with E-state index in [1.807, 2.05) is 0 Å². The number of hydrogen-bond acceptors (Lipinski definition) is 2. The van der Waals surface area contributed by atoms with Crippen LogP contribution in [0.25, 0.3) is 0 Å². The second-order valence-corrected chi connectivity index (χ2v) is 5.81. The third-order valence-corrected chi connectivity index (χ3v) is 4.79. The number of hydrogen-bond donors (Lipinski definition) is 1. The first-order valence-corrected chi connectivity index (χ1v) is 7.68. The first-order valence-electron chi connectivity index (χ1n) is 6.55. The van der Waals surface area contributed by atoms with Gasteiger partial charge < -0.3 is 5.43 Å². The molecule has 1 saturated carbocycles. The fourth-order valence-corrected chi connectivity index (χ4v) is 4.03. The average Bonchev–Trinajstić information content (AvgIpc) is 2.98. The quantitative estimate of drug-likeness (QED) is 0.854. The Hall–Kier alpha value is -0.540. The minimum absolute atomic E-state index is 0.630. The predicted octanol–water partition coefficient (Wildman–Crippen LogP) is 3.78. The zero-order valence-electron chi connectivity index (χ0n) is 10.0. The lowest BCUT2D eigenvalue weighted by atomic mass is 9.99. The molecule has 1 heterocycles. The Morgan fingerprint density at radius 1 is 1.29 bits per heavy atom. The Kier molecular flexibility index (Phi) is 3.39. The van der Waals surface area contributed by atoms with Crippen LogP contribution in [0.4, 0.5) is 5.69 Å². The van der Waals surface area contributed by atoms with E-state index in [-0.39, 0.29) is 0 Å². The average molecular weight is 295 g/mol. The van der Waals surface area contributed by atoms with E-state index in [1.54, 1.807) is 0 Å². The van der Waals surface area contributed by atoms with E-state index in [0.29, 0.717) is 6.04 Å². The van der Waals surface area contributed by atoms with Gasteiger partial charge in [-0.05, 0) is 30.4 Å². The van der Waals surface area contributed by atoms with Gasteiger partial charge in [0.1, 0.15) is 0 Å². The van der Waals surface area contributed by atoms with Crippen LogP contribution in [-0.2, 0) is 6.54 Å². The largest absolute Gasteiger partial charge is 0.318 e. The lowest BCUT2D eigenvalue weighted by Gasteiger charge is -2.31. The summed E-state index contributed by atoms with van der Waals surface area (Å²) >= 11 is 3.70. The van der Waals surface area contributed by atoms with Crippen LogP contribution in [0, 0.1) is 5.92 Å². The van der Waals surface area contributed by atoms with Crippen molar-refractivity contribution in [2.75, 3.05) is 10.8 Å². The van der Waals surface area contributed by atoms with Crippen LogP contribution in [0.2, 0.25) is 0 Å². The summed E-state index contributed by atoms with van der Waals surface area (Å²) in [6, 6.07) is 9.26. The smallest absolute Gasteiger partial charge is 0.0536 e. The van der Waals surface area contributed by atoms with Gasteiger partial charge in [0.05, 0.1) is 5.69 Å². The lowest BCUT2D eigenvalue weighted by Crippen LogP contribution is -2.41. The SMILES string of the molecule is BrCC(C1CCCC1)N1Cc2ccccc2N1. The second kappa shape index (κ2) is 4.99. The fraction of sp³-hybridized carbons (Fsp3) is 0.571. The molecule has 1 aromatic rings. The highest BCUT2D eigenvalue weighted by molar-refractivity contribution is 9.09. The molecule has 1 aliphatic carbocycles. The fourth-order valence-electron chi connectivity index (χ4n) is 3.15. The number of nitrogens with zero attached hydrogens (tertiary/aromatic N) is 1. The summed E-state index contributed by atoms with van der Waals surface area (Å²) in [6.45, 7) is 1.04. The molecule has 1 unspecified atom stereocenters. The number of halogens is 1. The van der Waals surface area contributed by atoms with Crippen molar-refractivity contribution in [3.63, 3.8) is 0 Å². The third kappa shape index (κ3) is 2.23. The van der Waals surface area contributed by atoms with Crippen LogP contribution in [0.3, 0.4) is 0 Å². The van der Waals surface area contributed by atoms with Crippen LogP contribution >= 0.6 is 15.9 Å². The molecular formula is C14H19BrN2. The normalized spacial score (nSPS) is 22.4. The van der Waals surface area contributed by atoms with Crippen molar-refractivity contribution in [1.82, 2.24) is 5.01 Å². The van der Waals surface area contributed by atoms with E-state index in [0.717, 1.165) is 17.8 Å². The van der Waals surface area contributed by atoms with Crippen molar-refractivity contribution in [3.8, 4) is 0 Å². The third-order valence-electron chi connectivity index (χ3n) is 4.12. The monoisotopic (exact) mass is 294 g/mol.